The van der Waals surface area contributed by atoms with E-state index in [1.807, 2.05) is 0 Å². The fraction of sp³-hybridized carbons (Fsp3) is 0.0169. The molecule has 0 amide bonds. The van der Waals surface area contributed by atoms with Crippen LogP contribution >= 0.6 is 0 Å². The third kappa shape index (κ3) is 4.16. The zero-order valence-corrected chi connectivity index (χ0v) is 33.2. The van der Waals surface area contributed by atoms with E-state index in [-0.39, 0.29) is 0 Å². The molecule has 0 N–H and O–H groups in total. The molecule has 1 heterocycles. The zero-order chi connectivity index (χ0) is 39.8. The molecule has 2 heteroatoms. The first-order valence-corrected chi connectivity index (χ1v) is 21.3. The van der Waals surface area contributed by atoms with Crippen molar-refractivity contribution in [1.82, 2.24) is 4.57 Å². The molecule has 61 heavy (non-hydrogen) atoms. The third-order valence-corrected chi connectivity index (χ3v) is 13.9. The van der Waals surface area contributed by atoms with Gasteiger partial charge in [-0.15, -0.1) is 0 Å². The molecule has 11 aromatic rings. The molecule has 0 saturated heterocycles. The summed E-state index contributed by atoms with van der Waals surface area (Å²) in [7, 11) is 0. The molecule has 10 aromatic carbocycles. The molecule has 0 unspecified atom stereocenters. The highest BCUT2D eigenvalue weighted by Gasteiger charge is 2.51. The van der Waals surface area contributed by atoms with Crippen LogP contribution in [0.15, 0.2) is 218 Å². The molecular weight excluding hydrogens is 737 g/mol. The quantitative estimate of drug-likeness (QED) is 0.173. The largest absolute Gasteiger partial charge is 0.310 e. The molecule has 1 spiro atoms. The predicted octanol–water partition coefficient (Wildman–Crippen LogP) is 15.4. The van der Waals surface area contributed by atoms with Crippen LogP contribution in [0.5, 0.6) is 0 Å². The Kier molecular flexibility index (Phi) is 6.52. The summed E-state index contributed by atoms with van der Waals surface area (Å²) < 4.78 is 2.49. The van der Waals surface area contributed by atoms with Crippen LogP contribution < -0.4 is 4.90 Å². The second-order valence-corrected chi connectivity index (χ2v) is 16.7. The summed E-state index contributed by atoms with van der Waals surface area (Å²) in [6.07, 6.45) is 0. The summed E-state index contributed by atoms with van der Waals surface area (Å²) in [6.45, 7) is 0. The lowest BCUT2D eigenvalue weighted by Crippen LogP contribution is -2.25. The number of anilines is 3. The normalized spacial score (nSPS) is 13.4. The van der Waals surface area contributed by atoms with Gasteiger partial charge in [-0.25, -0.2) is 0 Å². The fourth-order valence-corrected chi connectivity index (χ4v) is 11.7. The number of hydrogen-bond donors (Lipinski definition) is 0. The Morgan fingerprint density at radius 2 is 0.820 bits per heavy atom. The lowest BCUT2D eigenvalue weighted by Gasteiger charge is -2.31. The first-order chi connectivity index (χ1) is 30.3. The van der Waals surface area contributed by atoms with Crippen LogP contribution in [0.4, 0.5) is 17.1 Å². The molecule has 282 valence electrons. The van der Waals surface area contributed by atoms with E-state index < -0.39 is 5.41 Å². The summed E-state index contributed by atoms with van der Waals surface area (Å²) >= 11 is 0. The number of para-hydroxylation sites is 2. The van der Waals surface area contributed by atoms with E-state index in [1.54, 1.807) is 0 Å². The molecule has 0 atom stereocenters. The topological polar surface area (TPSA) is 8.17 Å². The van der Waals surface area contributed by atoms with Crippen LogP contribution in [0, 0.1) is 0 Å². The van der Waals surface area contributed by atoms with Crippen molar-refractivity contribution in [2.24, 2.45) is 0 Å². The summed E-state index contributed by atoms with van der Waals surface area (Å²) in [6, 6.07) is 81.5. The SMILES string of the molecule is c1ccc(N(c2ccc3c(c2)-c2ccccc2C32c3ccccc3-c3ccccc32)c2cc3c4c5c(cccc25)-c2ccccc2-c2cccc(c24)n3-c2ccccc2)cc1. The number of benzene rings is 10. The molecule has 0 saturated carbocycles. The minimum Gasteiger partial charge on any atom is -0.310 e. The smallest absolute Gasteiger partial charge is 0.0725 e. The molecule has 1 aromatic heterocycles. The average Bonchev–Trinajstić information content (AvgIpc) is 3.90. The molecule has 0 aliphatic heterocycles. The predicted molar refractivity (Wildman–Crippen MR) is 254 cm³/mol. The van der Waals surface area contributed by atoms with Crippen LogP contribution in [0.25, 0.3) is 82.8 Å². The van der Waals surface area contributed by atoms with Crippen LogP contribution in [-0.4, -0.2) is 4.57 Å². The Bertz CT molecular complexity index is 3600. The zero-order valence-electron chi connectivity index (χ0n) is 33.2. The number of nitrogens with zero attached hydrogens (tertiary/aromatic N) is 2. The van der Waals surface area contributed by atoms with Crippen molar-refractivity contribution in [1.29, 1.82) is 0 Å². The van der Waals surface area contributed by atoms with E-state index in [9.17, 15) is 0 Å². The van der Waals surface area contributed by atoms with Crippen molar-refractivity contribution in [3.63, 3.8) is 0 Å². The standard InChI is InChI=1S/C59H36N2/c1-3-17-37(18-4-1)60(39-33-34-52-48(35-39)44-25-11-14-31-51(44)59(52)49-29-12-9-23-42(49)43-24-10-13-30-50(43)59)54-36-55-58-56-45(26-15-28-47(54)56)40-21-7-8-22-41(40)46-27-16-32-53(57(46)58)61(55)38-19-5-2-6-20-38/h1-36H. The van der Waals surface area contributed by atoms with E-state index in [1.165, 1.54) is 99.3 Å². The highest BCUT2D eigenvalue weighted by atomic mass is 15.1. The van der Waals surface area contributed by atoms with Gasteiger partial charge >= 0.3 is 0 Å². The molecular formula is C59H36N2. The van der Waals surface area contributed by atoms with Gasteiger partial charge in [0.2, 0.25) is 0 Å². The lowest BCUT2D eigenvalue weighted by atomic mass is 9.70. The van der Waals surface area contributed by atoms with Crippen molar-refractivity contribution in [2.45, 2.75) is 5.41 Å². The molecule has 14 rings (SSSR count). The van der Waals surface area contributed by atoms with E-state index in [4.69, 9.17) is 0 Å². The maximum Gasteiger partial charge on any atom is 0.0725 e. The van der Waals surface area contributed by atoms with Gasteiger partial charge < -0.3 is 9.47 Å². The molecule has 2 nitrogen and oxygen atoms in total. The summed E-state index contributed by atoms with van der Waals surface area (Å²) in [5.41, 5.74) is 22.3. The Morgan fingerprint density at radius 3 is 1.48 bits per heavy atom. The van der Waals surface area contributed by atoms with Gasteiger partial charge in [-0.2, -0.15) is 0 Å². The van der Waals surface area contributed by atoms with Crippen molar-refractivity contribution in [3.05, 3.63) is 241 Å². The number of fused-ring (bicyclic) bond motifs is 13. The molecule has 0 bridgehead atoms. The molecule has 0 fully saturated rings. The maximum absolute atomic E-state index is 2.51. The Morgan fingerprint density at radius 1 is 0.311 bits per heavy atom. The van der Waals surface area contributed by atoms with Crippen molar-refractivity contribution in [3.8, 4) is 50.2 Å². The number of rotatable bonds is 4. The van der Waals surface area contributed by atoms with Crippen LogP contribution in [0.2, 0.25) is 0 Å². The van der Waals surface area contributed by atoms with Crippen molar-refractivity contribution >= 4 is 49.6 Å². The van der Waals surface area contributed by atoms with Gasteiger partial charge in [0.15, 0.2) is 0 Å². The summed E-state index contributed by atoms with van der Waals surface area (Å²) in [4.78, 5) is 2.51. The maximum atomic E-state index is 2.51. The summed E-state index contributed by atoms with van der Waals surface area (Å²) in [5.74, 6) is 0. The van der Waals surface area contributed by atoms with Crippen LogP contribution in [0.3, 0.4) is 0 Å². The van der Waals surface area contributed by atoms with Gasteiger partial charge in [-0.05, 0) is 115 Å². The Labute approximate surface area is 353 Å². The number of hydrogen-bond acceptors (Lipinski definition) is 1. The van der Waals surface area contributed by atoms with Gasteiger partial charge in [-0.3, -0.25) is 0 Å². The monoisotopic (exact) mass is 772 g/mol. The second-order valence-electron chi connectivity index (χ2n) is 16.7. The highest BCUT2D eigenvalue weighted by molar-refractivity contribution is 6.32. The van der Waals surface area contributed by atoms with E-state index in [0.29, 0.717) is 0 Å². The Balaban J connectivity index is 1.10. The second kappa shape index (κ2) is 12.1. The Hall–Kier alpha value is -7.94. The van der Waals surface area contributed by atoms with E-state index >= 15 is 0 Å². The minimum absolute atomic E-state index is 0.396. The van der Waals surface area contributed by atoms with Crippen LogP contribution in [-0.2, 0) is 5.41 Å². The number of aromatic nitrogens is 1. The molecule has 3 aliphatic carbocycles. The molecule has 3 aliphatic rings. The van der Waals surface area contributed by atoms with Gasteiger partial charge in [-0.1, -0.05) is 170 Å². The highest BCUT2D eigenvalue weighted by Crippen LogP contribution is 2.63. The summed E-state index contributed by atoms with van der Waals surface area (Å²) in [5, 5.41) is 5.12. The van der Waals surface area contributed by atoms with Crippen LogP contribution in [0.1, 0.15) is 22.3 Å². The van der Waals surface area contributed by atoms with Crippen molar-refractivity contribution < 1.29 is 0 Å². The third-order valence-electron chi connectivity index (χ3n) is 13.9. The average molecular weight is 773 g/mol. The fourth-order valence-electron chi connectivity index (χ4n) is 11.7. The van der Waals surface area contributed by atoms with Gasteiger partial charge in [0.05, 0.1) is 22.1 Å². The minimum atomic E-state index is -0.396. The van der Waals surface area contributed by atoms with E-state index in [2.05, 4.69) is 228 Å². The van der Waals surface area contributed by atoms with Gasteiger partial charge in [0.25, 0.3) is 0 Å². The van der Waals surface area contributed by atoms with Gasteiger partial charge in [0.1, 0.15) is 0 Å². The van der Waals surface area contributed by atoms with Crippen molar-refractivity contribution in [2.75, 3.05) is 4.90 Å². The first kappa shape index (κ1) is 33.0. The molecule has 0 radical (unpaired) electrons. The van der Waals surface area contributed by atoms with E-state index in [0.717, 1.165) is 22.7 Å². The van der Waals surface area contributed by atoms with Gasteiger partial charge in [0, 0.05) is 38.6 Å². The lowest BCUT2D eigenvalue weighted by molar-refractivity contribution is 0.794. The first-order valence-electron chi connectivity index (χ1n) is 21.3.